The van der Waals surface area contributed by atoms with E-state index < -0.39 is 307 Å². The van der Waals surface area contributed by atoms with E-state index in [1.807, 2.05) is 0 Å². The number of aliphatic hydroxyl groups is 8. The van der Waals surface area contributed by atoms with Crippen LogP contribution in [0.2, 0.25) is 10.0 Å². The van der Waals surface area contributed by atoms with Crippen LogP contribution in [0.25, 0.3) is 11.1 Å². The number of alkyl halides is 3. The first kappa shape index (κ1) is 102. The van der Waals surface area contributed by atoms with E-state index in [1.165, 1.54) is 45.2 Å². The maximum absolute atomic E-state index is 16.5. The minimum atomic E-state index is -4.93. The number of hydrogen-bond acceptors (Lipinski definition) is 32. The summed E-state index contributed by atoms with van der Waals surface area (Å²) in [5, 5.41) is 159. The fraction of sp³-hybridized carbons (Fsp3) is 0.432. The van der Waals surface area contributed by atoms with Gasteiger partial charge in [0.25, 0.3) is 0 Å². The van der Waals surface area contributed by atoms with Crippen LogP contribution < -0.4 is 72.9 Å². The molecule has 7 aromatic carbocycles. The molecule has 11 bridgehead atoms. The lowest BCUT2D eigenvalue weighted by Gasteiger charge is -2.46. The van der Waals surface area contributed by atoms with E-state index >= 15 is 24.0 Å². The number of aliphatic carboxylic acids is 1. The highest BCUT2D eigenvalue weighted by Crippen LogP contribution is 2.51. The molecule has 0 aromatic heterocycles. The Bertz CT molecular complexity index is 5560. The molecule has 0 spiro atoms. The number of benzene rings is 7. The molecule has 7 amide bonds. The molecule has 0 radical (unpaired) electrons. The number of aromatic hydroxyl groups is 3. The molecule has 40 nitrogen and oxygen atoms in total. The second-order valence-electron chi connectivity index (χ2n) is 33.3. The van der Waals surface area contributed by atoms with Crippen LogP contribution in [0.4, 0.5) is 13.2 Å². The molecule has 0 aliphatic carbocycles. The van der Waals surface area contributed by atoms with E-state index in [0.29, 0.717) is 16.0 Å². The van der Waals surface area contributed by atoms with Crippen LogP contribution in [0.1, 0.15) is 124 Å². The van der Waals surface area contributed by atoms with Crippen molar-refractivity contribution < 1.29 is 160 Å². The first-order chi connectivity index (χ1) is 62.8. The normalized spacial score (nSPS) is 28.8. The molecule has 24 atom stereocenters. The third kappa shape index (κ3) is 23.1. The summed E-state index contributed by atoms with van der Waals surface area (Å²) < 4.78 is 107. The fourth-order valence-electron chi connectivity index (χ4n) is 16.2. The Balaban J connectivity index is 0.0000162. The highest BCUT2D eigenvalue weighted by atomic mass is 35.5. The minimum absolute atomic E-state index is 0. The van der Waals surface area contributed by atoms with E-state index in [9.17, 15) is 93.0 Å². The number of carbonyl (C=O) groups is 8. The molecular formula is C88H101Cl2F3N10O30S. The van der Waals surface area contributed by atoms with Crippen molar-refractivity contribution in [3.05, 3.63) is 176 Å². The molecular weight excluding hydrogens is 1840 g/mol. The van der Waals surface area contributed by atoms with Gasteiger partial charge in [-0.05, 0) is 145 Å². The van der Waals surface area contributed by atoms with Gasteiger partial charge < -0.3 is 158 Å². The van der Waals surface area contributed by atoms with Gasteiger partial charge in [0.05, 0.1) is 57.9 Å². The first-order valence-corrected chi connectivity index (χ1v) is 43.6. The van der Waals surface area contributed by atoms with Gasteiger partial charge in [-0.25, -0.2) is 4.79 Å². The smallest absolute Gasteiger partial charge is 0.508 e. The van der Waals surface area contributed by atoms with Gasteiger partial charge in [-0.2, -0.15) is 0 Å². The molecule has 7 aromatic rings. The third-order valence-corrected chi connectivity index (χ3v) is 24.9. The number of carboxylic acid groups (broad SMARTS) is 1. The van der Waals surface area contributed by atoms with E-state index in [2.05, 4.69) is 47.3 Å². The van der Waals surface area contributed by atoms with Crippen molar-refractivity contribution in [2.45, 2.75) is 218 Å². The van der Waals surface area contributed by atoms with Crippen molar-refractivity contribution in [3.63, 3.8) is 0 Å². The number of fused-ring (bicyclic) bond motifs is 15. The van der Waals surface area contributed by atoms with Crippen molar-refractivity contribution in [1.82, 2.24) is 42.5 Å². The fourth-order valence-corrected chi connectivity index (χ4v) is 17.8. The lowest BCUT2D eigenvalue weighted by Crippen LogP contribution is -2.65. The molecule has 2 unspecified atom stereocenters. The number of phenolic OH excluding ortho intramolecular Hbond substituents is 3. The lowest BCUT2D eigenvalue weighted by atomic mass is 9.86. The summed E-state index contributed by atoms with van der Waals surface area (Å²) in [6, 6.07) is 9.67. The Labute approximate surface area is 774 Å². The summed E-state index contributed by atoms with van der Waals surface area (Å²) in [6.07, 6.45) is -35.1. The molecule has 8 aliphatic rings. The number of hydrogen-bond donors (Lipinski definition) is 22. The van der Waals surface area contributed by atoms with Gasteiger partial charge in [-0.3, -0.25) is 37.8 Å². The number of likely N-dealkylation sites (N-methyl/N-ethyl adjacent to an activating group) is 1. The molecule has 134 heavy (non-hydrogen) atoms. The Hall–Kier alpha value is -11.2. The molecule has 46 heteroatoms. The second-order valence-corrected chi connectivity index (χ2v) is 35.6. The predicted octanol–water partition coefficient (Wildman–Crippen LogP) is 2.57. The lowest BCUT2D eigenvalue weighted by molar-refractivity contribution is -0.350. The number of primary amides is 1. The van der Waals surface area contributed by atoms with Crippen LogP contribution in [0.3, 0.4) is 0 Å². The van der Waals surface area contributed by atoms with E-state index in [0.717, 1.165) is 78.9 Å². The van der Waals surface area contributed by atoms with Crippen molar-refractivity contribution in [2.75, 3.05) is 20.2 Å². The molecule has 24 N–H and O–H groups in total. The van der Waals surface area contributed by atoms with Crippen molar-refractivity contribution in [1.29, 1.82) is 0 Å². The number of phenols is 3. The molecule has 3 fully saturated rings. The number of halogens is 5. The monoisotopic (exact) mass is 1940 g/mol. The largest absolute Gasteiger partial charge is 0.573 e. The summed E-state index contributed by atoms with van der Waals surface area (Å²) in [6.45, 7) is 4.96. The van der Waals surface area contributed by atoms with Gasteiger partial charge in [0.1, 0.15) is 126 Å². The zero-order chi connectivity index (χ0) is 96.4. The van der Waals surface area contributed by atoms with Crippen LogP contribution in [-0.4, -0.2) is 249 Å². The van der Waals surface area contributed by atoms with E-state index in [4.69, 9.17) is 72.6 Å². The van der Waals surface area contributed by atoms with Crippen molar-refractivity contribution in [2.24, 2.45) is 17.4 Å². The quantitative estimate of drug-likeness (QED) is 0.0437. The Morgan fingerprint density at radius 2 is 1.30 bits per heavy atom. The number of aliphatic hydroxyl groups excluding tert-OH is 8. The average Bonchev–Trinajstić information content (AvgIpc) is 0.759. The highest BCUT2D eigenvalue weighted by Gasteiger charge is 2.53. The topological polar surface area (TPSA) is 628 Å². The predicted molar refractivity (Wildman–Crippen MR) is 463 cm³/mol. The zero-order valence-electron chi connectivity index (χ0n) is 71.0. The van der Waals surface area contributed by atoms with Crippen molar-refractivity contribution in [3.8, 4) is 62.9 Å². The van der Waals surface area contributed by atoms with Gasteiger partial charge in [-0.1, -0.05) is 86.9 Å². The van der Waals surface area contributed by atoms with Gasteiger partial charge in [0.2, 0.25) is 53.4 Å². The molecule has 0 saturated carbocycles. The van der Waals surface area contributed by atoms with Gasteiger partial charge in [-0.15, -0.1) is 13.2 Å². The van der Waals surface area contributed by atoms with Crippen molar-refractivity contribution >= 4 is 81.3 Å². The van der Waals surface area contributed by atoms with Crippen LogP contribution >= 0.6 is 23.2 Å². The summed E-state index contributed by atoms with van der Waals surface area (Å²) in [7, 11) is -0.275. The number of ether oxygens (including phenoxy) is 9. The van der Waals surface area contributed by atoms with Crippen LogP contribution in [0, 0.1) is 5.92 Å². The maximum Gasteiger partial charge on any atom is 0.573 e. The van der Waals surface area contributed by atoms with Gasteiger partial charge >= 0.3 is 12.3 Å². The number of nitrogens with one attached hydrogen (secondary N) is 8. The summed E-state index contributed by atoms with van der Waals surface area (Å²) in [5.74, 6) is -17.7. The number of carbonyl (C=O) groups excluding carboxylic acids is 7. The Morgan fingerprint density at radius 1 is 0.672 bits per heavy atom. The number of nitrogens with two attached hydrogens (primary N) is 2. The molecule has 3 saturated heterocycles. The Morgan fingerprint density at radius 3 is 1.93 bits per heavy atom. The first-order valence-electron chi connectivity index (χ1n) is 41.5. The second kappa shape index (κ2) is 42.4. The third-order valence-electron chi connectivity index (χ3n) is 23.0. The van der Waals surface area contributed by atoms with Crippen LogP contribution in [0.5, 0.6) is 51.7 Å². The van der Waals surface area contributed by atoms with E-state index in [-0.39, 0.29) is 56.2 Å². The summed E-state index contributed by atoms with van der Waals surface area (Å²) >= 11 is 14.5. The highest BCUT2D eigenvalue weighted by molar-refractivity contribution is 7.84. The van der Waals surface area contributed by atoms with Gasteiger partial charge in [0, 0.05) is 52.7 Å². The summed E-state index contributed by atoms with van der Waals surface area (Å²) in [5.41, 5.74) is 8.75. The Kier molecular flexibility index (Phi) is 32.2. The number of amides is 7. The van der Waals surface area contributed by atoms with Crippen LogP contribution in [-0.2, 0) is 85.1 Å². The number of rotatable bonds is 23. The zero-order valence-corrected chi connectivity index (χ0v) is 73.3. The van der Waals surface area contributed by atoms with E-state index in [1.54, 1.807) is 38.1 Å². The average molecular weight is 1940 g/mol. The van der Waals surface area contributed by atoms with Gasteiger partial charge in [0.15, 0.2) is 30.1 Å². The molecule has 15 rings (SSSR count). The molecule has 8 heterocycles. The maximum atomic E-state index is 16.5. The molecule has 724 valence electrons. The van der Waals surface area contributed by atoms with Crippen LogP contribution in [0.15, 0.2) is 132 Å². The number of carboxylic acids is 1. The molecule has 8 aliphatic heterocycles. The standard InChI is InChI=1S/C87H97Cl2F3N10O30S.CH4/c1-34(2)19-49(95-5)77(115)101-65-67(108)39-12-17-53(47(88)22-39)125-55-24-41-25-56(74(55)130-85-72(113)70(111)75(58(32-103)128-85)131-84-71(112)69(110)68(109)57(127-84)31-96-30-37-7-6-8-44(20-37)133(123)33-36-9-14-43(15-10-36)132-87(90,91)92)126-54-18-13-40(23-48(54)89)73(129-60-29-86(4,94)76(114)35(3)124-60)66-82(120)100-64(83(121)122)46-26-42(104)27-52(106)61(46)45-21-38(11-16-51(45)105)62(79(117)102-66)99-80(118)63(41)98-78(116)50(28-59(93)107)97-81(65)119;/h6-18,20-27,34-35,49-50,57-58,60,62-73,75-76,84-85,95-96,103-106,108-114H,19,28-33,94H2,1-5H3,(H2,93,107)(H,97,119)(H,98,116)(H,99,118)(H,100,120)(H,101,115)(H,102,117)(H,121,122);1H4/t35-,49+,50-,57+,58+,60?,62+,63+,64+,65+,66-,67+,68-,69-,70+,71+,72+,73+,75+,76-,84-,85-,86-,133?;/m0./s1. The minimum Gasteiger partial charge on any atom is -0.508 e. The SMILES string of the molecule is C.CN[C@H](CC(C)C)C(=O)N[C@H]1C(=O)N[C@@H](CC(N)=O)C(=O)N[C@H]2C(=O)N[C@H]3C(=O)N[C@H](C(=O)N[C@@H](C(=O)O)c4cc(O)cc(O)c4-c4cc3ccc4O)[C@H](OC3C[C@](C)(N)[C@@H](O)[C@H](C)O3)c3ccc(c(Cl)c3)Oc3cc2cc(c3O[C@@H]2O[C@H](CO)[C@@H](O[C@@H]3O[C@H](CNCc4cccc(S(=O)Cc5ccc(OC(F)(F)F)cc5)c4)[C@H](O)[C@H](O)[C@H]3O)[C@H](O)[C@H]2O)Oc2ccc(cc2Cl)[C@H]1O. The summed E-state index contributed by atoms with van der Waals surface area (Å²) in [4.78, 5) is 121.